The highest BCUT2D eigenvalue weighted by Gasteiger charge is 2.20. The number of ether oxygens (including phenoxy) is 1. The molecule has 2 aromatic carbocycles. The molecule has 0 spiro atoms. The molecule has 0 bridgehead atoms. The number of nitro benzene ring substituents is 1. The van der Waals surface area contributed by atoms with Crippen molar-refractivity contribution in [2.75, 3.05) is 0 Å². The van der Waals surface area contributed by atoms with Crippen LogP contribution in [0.1, 0.15) is 16.7 Å². The molecule has 2 aromatic rings. The normalized spacial score (nSPS) is 10.5. The van der Waals surface area contributed by atoms with Gasteiger partial charge in [0.2, 0.25) is 5.75 Å². The fourth-order valence-electron chi connectivity index (χ4n) is 2.04. The lowest BCUT2D eigenvalue weighted by Crippen LogP contribution is -1.99. The van der Waals surface area contributed by atoms with Crippen LogP contribution in [0.2, 0.25) is 0 Å². The molecule has 0 atom stereocenters. The molecule has 6 heteroatoms. The first-order valence-corrected chi connectivity index (χ1v) is 7.13. The van der Waals surface area contributed by atoms with Gasteiger partial charge in [-0.05, 0) is 42.7 Å². The van der Waals surface area contributed by atoms with Crippen LogP contribution in [0, 0.1) is 24.0 Å². The van der Waals surface area contributed by atoms with Gasteiger partial charge in [-0.1, -0.05) is 28.1 Å². The van der Waals surface area contributed by atoms with Crippen molar-refractivity contribution in [1.82, 2.24) is 0 Å². The average molecular weight is 351 g/mol. The Bertz CT molecular complexity index is 702. The van der Waals surface area contributed by atoms with E-state index in [1.807, 2.05) is 19.1 Å². The van der Waals surface area contributed by atoms with Crippen LogP contribution in [0.3, 0.4) is 0 Å². The van der Waals surface area contributed by atoms with Crippen LogP contribution in [-0.2, 0) is 6.54 Å². The maximum Gasteiger partial charge on any atom is 0.312 e. The Balaban J connectivity index is 2.46. The van der Waals surface area contributed by atoms with Gasteiger partial charge in [0.1, 0.15) is 5.75 Å². The van der Waals surface area contributed by atoms with Gasteiger partial charge in [-0.3, -0.25) is 10.1 Å². The summed E-state index contributed by atoms with van der Waals surface area (Å²) >= 11 is 3.26. The largest absolute Gasteiger partial charge is 0.450 e. The highest BCUT2D eigenvalue weighted by atomic mass is 79.9. The third kappa shape index (κ3) is 3.40. The van der Waals surface area contributed by atoms with Crippen LogP contribution in [0.15, 0.2) is 34.8 Å². The van der Waals surface area contributed by atoms with Gasteiger partial charge in [-0.15, -0.1) is 0 Å². The number of aryl methyl sites for hydroxylation is 2. The molecule has 110 valence electrons. The van der Waals surface area contributed by atoms with E-state index < -0.39 is 4.92 Å². The maximum absolute atomic E-state index is 11.2. The molecule has 0 fully saturated rings. The number of nitrogens with two attached hydrogens (primary N) is 1. The monoisotopic (exact) mass is 350 g/mol. The fourth-order valence-corrected chi connectivity index (χ4v) is 2.60. The number of hydrogen-bond acceptors (Lipinski definition) is 4. The van der Waals surface area contributed by atoms with E-state index >= 15 is 0 Å². The van der Waals surface area contributed by atoms with Crippen molar-refractivity contribution >= 4 is 21.6 Å². The van der Waals surface area contributed by atoms with Crippen molar-refractivity contribution < 1.29 is 9.66 Å². The van der Waals surface area contributed by atoms with Gasteiger partial charge < -0.3 is 10.5 Å². The van der Waals surface area contributed by atoms with Crippen molar-refractivity contribution in [2.45, 2.75) is 20.4 Å². The molecule has 0 radical (unpaired) electrons. The number of nitrogens with zero attached hydrogens (tertiary/aromatic N) is 1. The molecule has 2 N–H and O–H groups in total. The van der Waals surface area contributed by atoms with Gasteiger partial charge >= 0.3 is 5.69 Å². The summed E-state index contributed by atoms with van der Waals surface area (Å²) in [7, 11) is 0. The zero-order chi connectivity index (χ0) is 15.6. The van der Waals surface area contributed by atoms with Crippen LogP contribution in [-0.4, -0.2) is 4.92 Å². The average Bonchev–Trinajstić information content (AvgIpc) is 2.42. The van der Waals surface area contributed by atoms with Gasteiger partial charge in [0, 0.05) is 17.1 Å². The molecule has 0 amide bonds. The van der Waals surface area contributed by atoms with Gasteiger partial charge in [0.05, 0.1) is 4.92 Å². The van der Waals surface area contributed by atoms with Gasteiger partial charge in [-0.2, -0.15) is 0 Å². The quantitative estimate of drug-likeness (QED) is 0.661. The Kier molecular flexibility index (Phi) is 4.59. The summed E-state index contributed by atoms with van der Waals surface area (Å²) in [5.74, 6) is 0.840. The fraction of sp³-hybridized carbons (Fsp3) is 0.200. The highest BCUT2D eigenvalue weighted by Crippen LogP contribution is 2.38. The van der Waals surface area contributed by atoms with Crippen molar-refractivity contribution in [3.63, 3.8) is 0 Å². The van der Waals surface area contributed by atoms with E-state index in [1.165, 1.54) is 6.07 Å². The summed E-state index contributed by atoms with van der Waals surface area (Å²) in [6.45, 7) is 4.10. The first-order chi connectivity index (χ1) is 9.92. The Morgan fingerprint density at radius 3 is 2.52 bits per heavy atom. The molecule has 0 heterocycles. The van der Waals surface area contributed by atoms with E-state index in [0.29, 0.717) is 22.3 Å². The zero-order valence-corrected chi connectivity index (χ0v) is 13.3. The summed E-state index contributed by atoms with van der Waals surface area (Å²) in [6, 6.07) is 8.76. The molecule has 0 aliphatic rings. The lowest BCUT2D eigenvalue weighted by Gasteiger charge is -2.12. The Morgan fingerprint density at radius 1 is 1.24 bits per heavy atom. The topological polar surface area (TPSA) is 78.4 Å². The Labute approximate surface area is 131 Å². The van der Waals surface area contributed by atoms with Crippen LogP contribution >= 0.6 is 15.9 Å². The summed E-state index contributed by atoms with van der Waals surface area (Å²) < 4.78 is 6.43. The molecule has 0 unspecified atom stereocenters. The lowest BCUT2D eigenvalue weighted by atomic mass is 10.1. The van der Waals surface area contributed by atoms with Crippen molar-refractivity contribution in [3.8, 4) is 11.5 Å². The second kappa shape index (κ2) is 6.24. The first-order valence-electron chi connectivity index (χ1n) is 6.34. The number of rotatable bonds is 4. The molecule has 5 nitrogen and oxygen atoms in total. The van der Waals surface area contributed by atoms with Gasteiger partial charge in [0.25, 0.3) is 0 Å². The standard InChI is InChI=1S/C15H15BrN2O3/c1-9-5-11(8-17)3-4-14(9)21-15-10(2)6-12(16)7-13(15)18(19)20/h3-7H,8,17H2,1-2H3. The predicted molar refractivity (Wildman–Crippen MR) is 84.7 cm³/mol. The summed E-state index contributed by atoms with van der Waals surface area (Å²) in [6.07, 6.45) is 0. The van der Waals surface area contributed by atoms with Crippen molar-refractivity contribution in [1.29, 1.82) is 0 Å². The minimum atomic E-state index is -0.448. The molecule has 0 saturated heterocycles. The minimum absolute atomic E-state index is 0.0656. The third-order valence-corrected chi connectivity index (χ3v) is 3.56. The van der Waals surface area contributed by atoms with E-state index in [9.17, 15) is 10.1 Å². The summed E-state index contributed by atoms with van der Waals surface area (Å²) in [5.41, 5.74) is 8.09. The van der Waals surface area contributed by atoms with E-state index in [4.69, 9.17) is 10.5 Å². The summed E-state index contributed by atoms with van der Waals surface area (Å²) in [4.78, 5) is 10.7. The predicted octanol–water partition coefficient (Wildman–Crippen LogP) is 4.23. The molecule has 2 rings (SSSR count). The molecule has 0 aliphatic heterocycles. The van der Waals surface area contributed by atoms with Crippen LogP contribution in [0.4, 0.5) is 5.69 Å². The van der Waals surface area contributed by atoms with Crippen LogP contribution in [0.25, 0.3) is 0 Å². The number of halogens is 1. The van der Waals surface area contributed by atoms with Crippen molar-refractivity contribution in [3.05, 3.63) is 61.6 Å². The Morgan fingerprint density at radius 2 is 1.95 bits per heavy atom. The molecule has 21 heavy (non-hydrogen) atoms. The SMILES string of the molecule is Cc1cc(CN)ccc1Oc1c(C)cc(Br)cc1[N+](=O)[O-]. The molecular weight excluding hydrogens is 336 g/mol. The van der Waals surface area contributed by atoms with E-state index in [1.54, 1.807) is 19.1 Å². The zero-order valence-electron chi connectivity index (χ0n) is 11.7. The van der Waals surface area contributed by atoms with Crippen molar-refractivity contribution in [2.24, 2.45) is 5.73 Å². The maximum atomic E-state index is 11.2. The third-order valence-electron chi connectivity index (χ3n) is 3.10. The van der Waals surface area contributed by atoms with Crippen LogP contribution < -0.4 is 10.5 Å². The second-order valence-corrected chi connectivity index (χ2v) is 5.65. The molecule has 0 aromatic heterocycles. The summed E-state index contributed by atoms with van der Waals surface area (Å²) in [5, 5.41) is 11.2. The molecular formula is C15H15BrN2O3. The molecule has 0 aliphatic carbocycles. The number of nitro groups is 1. The number of hydrogen-bond donors (Lipinski definition) is 1. The van der Waals surface area contributed by atoms with E-state index in [2.05, 4.69) is 15.9 Å². The number of benzene rings is 2. The second-order valence-electron chi connectivity index (χ2n) is 4.73. The lowest BCUT2D eigenvalue weighted by molar-refractivity contribution is -0.385. The van der Waals surface area contributed by atoms with E-state index in [-0.39, 0.29) is 11.4 Å². The van der Waals surface area contributed by atoms with Gasteiger partial charge in [0.15, 0.2) is 0 Å². The molecule has 0 saturated carbocycles. The minimum Gasteiger partial charge on any atom is -0.450 e. The Hall–Kier alpha value is -1.92. The van der Waals surface area contributed by atoms with Crippen LogP contribution in [0.5, 0.6) is 11.5 Å². The smallest absolute Gasteiger partial charge is 0.312 e. The highest BCUT2D eigenvalue weighted by molar-refractivity contribution is 9.10. The first kappa shape index (κ1) is 15.5. The van der Waals surface area contributed by atoms with E-state index in [0.717, 1.165) is 11.1 Å². The van der Waals surface area contributed by atoms with Gasteiger partial charge in [-0.25, -0.2) is 0 Å².